The molecule has 0 aliphatic heterocycles. The zero-order chi connectivity index (χ0) is 16.7. The Morgan fingerprint density at radius 2 is 1.96 bits per heavy atom. The standard InChI is InChI=1S/C16H14ClN3O3/c1-21-14-4-3-5-15(22-2)13(14)10-23-19-9-12-6-11(8-18)7-16(17)20-12/h3-7,9H,10H2,1-2H3. The van der Waals surface area contributed by atoms with Gasteiger partial charge in [0, 0.05) is 0 Å². The van der Waals surface area contributed by atoms with Crippen molar-refractivity contribution in [3.05, 3.63) is 52.3 Å². The van der Waals surface area contributed by atoms with Crippen LogP contribution in [0.25, 0.3) is 0 Å². The van der Waals surface area contributed by atoms with E-state index in [1.165, 1.54) is 12.3 Å². The van der Waals surface area contributed by atoms with Gasteiger partial charge in [0.1, 0.15) is 23.3 Å². The van der Waals surface area contributed by atoms with Crippen molar-refractivity contribution in [1.82, 2.24) is 4.98 Å². The lowest BCUT2D eigenvalue weighted by molar-refractivity contribution is 0.127. The summed E-state index contributed by atoms with van der Waals surface area (Å²) >= 11 is 5.82. The number of hydrogen-bond donors (Lipinski definition) is 0. The lowest BCUT2D eigenvalue weighted by Gasteiger charge is -2.11. The van der Waals surface area contributed by atoms with Gasteiger partial charge in [0.05, 0.1) is 43.3 Å². The zero-order valence-electron chi connectivity index (χ0n) is 12.6. The maximum absolute atomic E-state index is 8.88. The number of hydrogen-bond acceptors (Lipinski definition) is 6. The zero-order valence-corrected chi connectivity index (χ0v) is 13.4. The molecule has 0 atom stereocenters. The highest BCUT2D eigenvalue weighted by Gasteiger charge is 2.10. The lowest BCUT2D eigenvalue weighted by atomic mass is 10.2. The third-order valence-corrected chi connectivity index (χ3v) is 3.13. The molecule has 0 aliphatic carbocycles. The van der Waals surface area contributed by atoms with E-state index in [0.29, 0.717) is 22.8 Å². The monoisotopic (exact) mass is 331 g/mol. The minimum atomic E-state index is 0.162. The fourth-order valence-electron chi connectivity index (χ4n) is 1.91. The van der Waals surface area contributed by atoms with Gasteiger partial charge >= 0.3 is 0 Å². The van der Waals surface area contributed by atoms with Gasteiger partial charge in [-0.05, 0) is 24.3 Å². The Balaban J connectivity index is 2.08. The summed E-state index contributed by atoms with van der Waals surface area (Å²) in [5.41, 5.74) is 1.57. The van der Waals surface area contributed by atoms with Crippen molar-refractivity contribution in [2.75, 3.05) is 14.2 Å². The van der Waals surface area contributed by atoms with Gasteiger partial charge in [-0.15, -0.1) is 0 Å². The highest BCUT2D eigenvalue weighted by molar-refractivity contribution is 6.29. The fraction of sp³-hybridized carbons (Fsp3) is 0.188. The second kappa shape index (κ2) is 8.01. The van der Waals surface area contributed by atoms with Gasteiger partial charge < -0.3 is 14.3 Å². The summed E-state index contributed by atoms with van der Waals surface area (Å²) in [6, 6.07) is 10.5. The van der Waals surface area contributed by atoms with Crippen LogP contribution in [0.4, 0.5) is 0 Å². The summed E-state index contributed by atoms with van der Waals surface area (Å²) in [4.78, 5) is 9.29. The smallest absolute Gasteiger partial charge is 0.149 e. The Labute approximate surface area is 138 Å². The molecule has 0 saturated heterocycles. The summed E-state index contributed by atoms with van der Waals surface area (Å²) in [5, 5.41) is 12.9. The van der Waals surface area contributed by atoms with Crippen molar-refractivity contribution in [3.63, 3.8) is 0 Å². The molecule has 0 unspecified atom stereocenters. The van der Waals surface area contributed by atoms with E-state index in [-0.39, 0.29) is 11.8 Å². The highest BCUT2D eigenvalue weighted by Crippen LogP contribution is 2.28. The predicted octanol–water partition coefficient (Wildman–Crippen LogP) is 3.17. The van der Waals surface area contributed by atoms with E-state index in [4.69, 9.17) is 31.2 Å². The Morgan fingerprint density at radius 1 is 1.26 bits per heavy atom. The molecule has 2 rings (SSSR count). The molecule has 23 heavy (non-hydrogen) atoms. The van der Waals surface area contributed by atoms with Crippen molar-refractivity contribution >= 4 is 17.8 Å². The number of pyridine rings is 1. The number of oxime groups is 1. The summed E-state index contributed by atoms with van der Waals surface area (Å²) < 4.78 is 10.5. The van der Waals surface area contributed by atoms with Crippen LogP contribution >= 0.6 is 11.6 Å². The number of rotatable bonds is 6. The molecule has 0 N–H and O–H groups in total. The molecule has 0 fully saturated rings. The van der Waals surface area contributed by atoms with E-state index in [2.05, 4.69) is 10.1 Å². The van der Waals surface area contributed by atoms with E-state index >= 15 is 0 Å². The van der Waals surface area contributed by atoms with E-state index in [9.17, 15) is 0 Å². The molecule has 0 bridgehead atoms. The van der Waals surface area contributed by atoms with E-state index in [1.54, 1.807) is 20.3 Å². The molecule has 1 aromatic heterocycles. The largest absolute Gasteiger partial charge is 0.496 e. The number of benzene rings is 1. The second-order valence-electron chi connectivity index (χ2n) is 4.36. The number of nitrogens with zero attached hydrogens (tertiary/aromatic N) is 3. The maximum Gasteiger partial charge on any atom is 0.149 e. The third-order valence-electron chi connectivity index (χ3n) is 2.94. The van der Waals surface area contributed by atoms with Crippen molar-refractivity contribution in [2.24, 2.45) is 5.16 Å². The number of methoxy groups -OCH3 is 2. The van der Waals surface area contributed by atoms with Gasteiger partial charge in [-0.3, -0.25) is 0 Å². The fourth-order valence-corrected chi connectivity index (χ4v) is 2.13. The first kappa shape index (κ1) is 16.6. The first-order chi connectivity index (χ1) is 11.2. The summed E-state index contributed by atoms with van der Waals surface area (Å²) in [6.07, 6.45) is 1.38. The number of ether oxygens (including phenoxy) is 2. The van der Waals surface area contributed by atoms with Crippen molar-refractivity contribution in [2.45, 2.75) is 6.61 Å². The Bertz CT molecular complexity index is 734. The van der Waals surface area contributed by atoms with E-state index in [1.807, 2.05) is 24.3 Å². The molecule has 6 nitrogen and oxygen atoms in total. The Morgan fingerprint density at radius 3 is 2.57 bits per heavy atom. The topological polar surface area (TPSA) is 76.7 Å². The molecule has 7 heteroatoms. The number of nitriles is 1. The quantitative estimate of drug-likeness (QED) is 0.461. The minimum Gasteiger partial charge on any atom is -0.496 e. The Hall–Kier alpha value is -2.78. The van der Waals surface area contributed by atoms with Crippen LogP contribution in [0.1, 0.15) is 16.8 Å². The highest BCUT2D eigenvalue weighted by atomic mass is 35.5. The molecule has 0 aliphatic rings. The first-order valence-electron chi connectivity index (χ1n) is 6.60. The molecular formula is C16H14ClN3O3. The van der Waals surface area contributed by atoms with E-state index < -0.39 is 0 Å². The van der Waals surface area contributed by atoms with Gasteiger partial charge in [0.25, 0.3) is 0 Å². The molecule has 1 heterocycles. The molecule has 0 radical (unpaired) electrons. The average Bonchev–Trinajstić information content (AvgIpc) is 2.57. The second-order valence-corrected chi connectivity index (χ2v) is 4.75. The van der Waals surface area contributed by atoms with Crippen LogP contribution in [0, 0.1) is 11.3 Å². The van der Waals surface area contributed by atoms with Crippen LogP contribution in [0.5, 0.6) is 11.5 Å². The van der Waals surface area contributed by atoms with Crippen molar-refractivity contribution in [3.8, 4) is 17.6 Å². The molecule has 0 saturated carbocycles. The SMILES string of the molecule is COc1cccc(OC)c1CON=Cc1cc(C#N)cc(Cl)n1. The van der Waals surface area contributed by atoms with Crippen LogP contribution in [0.15, 0.2) is 35.5 Å². The molecule has 0 spiro atoms. The number of aromatic nitrogens is 1. The van der Waals surface area contributed by atoms with Crippen LogP contribution in [-0.4, -0.2) is 25.4 Å². The van der Waals surface area contributed by atoms with Crippen LogP contribution in [0.3, 0.4) is 0 Å². The van der Waals surface area contributed by atoms with E-state index in [0.717, 1.165) is 5.56 Å². The summed E-state index contributed by atoms with van der Waals surface area (Å²) in [7, 11) is 3.14. The normalized spacial score (nSPS) is 10.3. The van der Waals surface area contributed by atoms with Crippen molar-refractivity contribution in [1.29, 1.82) is 5.26 Å². The molecule has 2 aromatic rings. The molecule has 1 aromatic carbocycles. The predicted molar refractivity (Wildman–Crippen MR) is 85.9 cm³/mol. The van der Waals surface area contributed by atoms with Gasteiger partial charge in [-0.1, -0.05) is 22.8 Å². The molecular weight excluding hydrogens is 318 g/mol. The lowest BCUT2D eigenvalue weighted by Crippen LogP contribution is -1.98. The van der Waals surface area contributed by atoms with Crippen LogP contribution in [-0.2, 0) is 11.4 Å². The van der Waals surface area contributed by atoms with Gasteiger partial charge in [-0.25, -0.2) is 4.98 Å². The molecule has 0 amide bonds. The minimum absolute atomic E-state index is 0.162. The van der Waals surface area contributed by atoms with Crippen LogP contribution in [0.2, 0.25) is 5.15 Å². The van der Waals surface area contributed by atoms with Gasteiger partial charge in [0.2, 0.25) is 0 Å². The van der Waals surface area contributed by atoms with Crippen LogP contribution < -0.4 is 9.47 Å². The Kier molecular flexibility index (Phi) is 5.78. The van der Waals surface area contributed by atoms with Gasteiger partial charge in [-0.2, -0.15) is 5.26 Å². The number of halogens is 1. The summed E-state index contributed by atoms with van der Waals surface area (Å²) in [6.45, 7) is 0.162. The average molecular weight is 332 g/mol. The maximum atomic E-state index is 8.88. The molecule has 118 valence electrons. The van der Waals surface area contributed by atoms with Gasteiger partial charge in [0.15, 0.2) is 0 Å². The first-order valence-corrected chi connectivity index (χ1v) is 6.98. The summed E-state index contributed by atoms with van der Waals surface area (Å²) in [5.74, 6) is 1.29. The third kappa shape index (κ3) is 4.34. The van der Waals surface area contributed by atoms with Crippen molar-refractivity contribution < 1.29 is 14.3 Å².